The highest BCUT2D eigenvalue weighted by Crippen LogP contribution is 2.38. The number of anilines is 1. The molecule has 1 saturated heterocycles. The topological polar surface area (TPSA) is 123 Å². The lowest BCUT2D eigenvalue weighted by molar-refractivity contribution is -0.536. The largest absolute Gasteiger partial charge is 0.393 e. The highest BCUT2D eigenvalue weighted by atomic mass is 35.5. The molecule has 0 amide bonds. The Labute approximate surface area is 158 Å². The van der Waals surface area contributed by atoms with E-state index >= 15 is 0 Å². The van der Waals surface area contributed by atoms with Gasteiger partial charge in [-0.1, -0.05) is 23.2 Å². The van der Waals surface area contributed by atoms with Crippen molar-refractivity contribution in [2.75, 3.05) is 11.9 Å². The number of hydrogen-bond donors (Lipinski definition) is 3. The zero-order chi connectivity index (χ0) is 19.2. The first-order chi connectivity index (χ1) is 12.2. The van der Waals surface area contributed by atoms with Gasteiger partial charge in [-0.2, -0.15) is 0 Å². The fourth-order valence-electron chi connectivity index (χ4n) is 3.06. The van der Waals surface area contributed by atoms with Crippen molar-refractivity contribution in [2.45, 2.75) is 44.4 Å². The van der Waals surface area contributed by atoms with Crippen molar-refractivity contribution < 1.29 is 19.9 Å². The summed E-state index contributed by atoms with van der Waals surface area (Å²) in [7, 11) is 0. The Morgan fingerprint density at radius 2 is 2.08 bits per heavy atom. The number of ether oxygens (including phenoxy) is 1. The van der Waals surface area contributed by atoms with Crippen molar-refractivity contribution in [1.29, 1.82) is 0 Å². The van der Waals surface area contributed by atoms with E-state index in [-0.39, 0.29) is 11.1 Å². The summed E-state index contributed by atoms with van der Waals surface area (Å²) in [6, 6.07) is 1.66. The molecule has 0 unspecified atom stereocenters. The van der Waals surface area contributed by atoms with Crippen LogP contribution in [0.3, 0.4) is 0 Å². The number of aromatic nitrogens is 2. The average Bonchev–Trinajstić information content (AvgIpc) is 3.04. The van der Waals surface area contributed by atoms with Crippen LogP contribution in [0, 0.1) is 10.1 Å². The summed E-state index contributed by atoms with van der Waals surface area (Å²) in [6.07, 6.45) is -3.75. The van der Waals surface area contributed by atoms with Crippen LogP contribution in [0.1, 0.15) is 20.1 Å². The van der Waals surface area contributed by atoms with Crippen molar-refractivity contribution in [3.63, 3.8) is 0 Å². The Kier molecular flexibility index (Phi) is 5.27. The zero-order valence-corrected chi connectivity index (χ0v) is 15.5. The second kappa shape index (κ2) is 7.16. The Bertz CT molecular complexity index is 843. The number of nitrogens with one attached hydrogen (secondary N) is 1. The predicted octanol–water partition coefficient (Wildman–Crippen LogP) is 2.06. The quantitative estimate of drug-likeness (QED) is 0.514. The summed E-state index contributed by atoms with van der Waals surface area (Å²) in [5, 5.41) is 34.9. The summed E-state index contributed by atoms with van der Waals surface area (Å²) in [4.78, 5) is 15.1. The number of fused-ring (bicyclic) bond motifs is 1. The molecule has 1 fully saturated rings. The van der Waals surface area contributed by atoms with Gasteiger partial charge in [-0.3, -0.25) is 14.7 Å². The lowest BCUT2D eigenvalue weighted by atomic mass is 10.1. The molecule has 2 heterocycles. The Morgan fingerprint density at radius 1 is 1.42 bits per heavy atom. The predicted molar refractivity (Wildman–Crippen MR) is 96.3 cm³/mol. The second-order valence-electron chi connectivity index (χ2n) is 6.37. The number of rotatable bonds is 5. The molecule has 1 aliphatic heterocycles. The van der Waals surface area contributed by atoms with E-state index in [1.807, 2.05) is 13.8 Å². The van der Waals surface area contributed by atoms with E-state index in [9.17, 15) is 20.3 Å². The number of imidazole rings is 1. The standard InChI is InChI=1S/C15H18Cl2N4O5/c1-6(2)18-15-19-9-3-7(16)8(17)4-10(9)20(15)14-13(23)12(21(24)25)11(5-22)26-14/h3-4,6,11-14,22-23H,5H2,1-2H3,(H,18,19)/t11-,12-,13-,14+/m0/s1. The van der Waals surface area contributed by atoms with Crippen LogP contribution in [0.4, 0.5) is 5.95 Å². The van der Waals surface area contributed by atoms with Gasteiger partial charge < -0.3 is 20.3 Å². The Balaban J connectivity index is 2.16. The van der Waals surface area contributed by atoms with E-state index < -0.39 is 36.0 Å². The maximum Gasteiger partial charge on any atom is 0.271 e. The van der Waals surface area contributed by atoms with E-state index in [0.29, 0.717) is 22.0 Å². The lowest BCUT2D eigenvalue weighted by Crippen LogP contribution is -2.40. The van der Waals surface area contributed by atoms with Crippen LogP contribution in [0.15, 0.2) is 12.1 Å². The van der Waals surface area contributed by atoms with E-state index in [4.69, 9.17) is 27.9 Å². The SMILES string of the molecule is CC(C)Nc1nc2cc(Cl)c(Cl)cc2n1[C@@H]1O[C@@H](CO)[C@H]([N+](=O)[O-])[C@@H]1O. The summed E-state index contributed by atoms with van der Waals surface area (Å²) >= 11 is 12.2. The van der Waals surface area contributed by atoms with Crippen LogP contribution in [0.25, 0.3) is 11.0 Å². The molecule has 2 aromatic rings. The Hall–Kier alpha value is -1.65. The van der Waals surface area contributed by atoms with Gasteiger partial charge >= 0.3 is 0 Å². The molecule has 1 aromatic carbocycles. The minimum atomic E-state index is -1.48. The van der Waals surface area contributed by atoms with Crippen LogP contribution < -0.4 is 5.32 Å². The van der Waals surface area contributed by atoms with Gasteiger partial charge in [0.05, 0.1) is 27.7 Å². The van der Waals surface area contributed by atoms with Crippen LogP contribution in [-0.2, 0) is 4.74 Å². The highest BCUT2D eigenvalue weighted by molar-refractivity contribution is 6.42. The fraction of sp³-hybridized carbons (Fsp3) is 0.533. The number of nitrogens with zero attached hydrogens (tertiary/aromatic N) is 3. The molecule has 4 atom stereocenters. The smallest absolute Gasteiger partial charge is 0.271 e. The first-order valence-corrected chi connectivity index (χ1v) is 8.71. The maximum atomic E-state index is 11.3. The number of hydrogen-bond acceptors (Lipinski definition) is 7. The molecule has 0 bridgehead atoms. The molecule has 3 N–H and O–H groups in total. The number of nitro groups is 1. The fourth-order valence-corrected chi connectivity index (χ4v) is 3.38. The number of halogens is 2. The third-order valence-corrected chi connectivity index (χ3v) is 4.89. The van der Waals surface area contributed by atoms with Gasteiger partial charge in [-0.05, 0) is 26.0 Å². The van der Waals surface area contributed by atoms with E-state index in [1.54, 1.807) is 12.1 Å². The highest BCUT2D eigenvalue weighted by Gasteiger charge is 2.53. The van der Waals surface area contributed by atoms with Gasteiger partial charge in [0.1, 0.15) is 0 Å². The van der Waals surface area contributed by atoms with Gasteiger partial charge in [-0.25, -0.2) is 4.98 Å². The van der Waals surface area contributed by atoms with Crippen molar-refractivity contribution in [3.05, 3.63) is 32.3 Å². The zero-order valence-electron chi connectivity index (χ0n) is 14.0. The molecule has 0 spiro atoms. The third-order valence-electron chi connectivity index (χ3n) is 4.16. The summed E-state index contributed by atoms with van der Waals surface area (Å²) < 4.78 is 7.12. The second-order valence-corrected chi connectivity index (χ2v) is 7.19. The molecular weight excluding hydrogens is 387 g/mol. The number of aliphatic hydroxyl groups excluding tert-OH is 2. The molecule has 11 heteroatoms. The molecular formula is C15H18Cl2N4O5. The molecule has 142 valence electrons. The minimum absolute atomic E-state index is 0.00463. The number of aliphatic hydroxyl groups is 2. The first kappa shape index (κ1) is 19.1. The third kappa shape index (κ3) is 3.21. The lowest BCUT2D eigenvalue weighted by Gasteiger charge is -2.20. The molecule has 1 aromatic heterocycles. The van der Waals surface area contributed by atoms with Crippen molar-refractivity contribution in [2.24, 2.45) is 0 Å². The van der Waals surface area contributed by atoms with E-state index in [0.717, 1.165) is 0 Å². The van der Waals surface area contributed by atoms with E-state index in [2.05, 4.69) is 10.3 Å². The minimum Gasteiger partial charge on any atom is -0.393 e. The average molecular weight is 405 g/mol. The maximum absolute atomic E-state index is 11.3. The van der Waals surface area contributed by atoms with Gasteiger partial charge in [-0.15, -0.1) is 0 Å². The number of benzene rings is 1. The summed E-state index contributed by atoms with van der Waals surface area (Å²) in [5.41, 5.74) is 0.982. The van der Waals surface area contributed by atoms with Crippen LogP contribution in [-0.4, -0.2) is 55.6 Å². The summed E-state index contributed by atoms with van der Waals surface area (Å²) in [6.45, 7) is 3.20. The molecule has 9 nitrogen and oxygen atoms in total. The van der Waals surface area contributed by atoms with Crippen LogP contribution >= 0.6 is 23.2 Å². The molecule has 26 heavy (non-hydrogen) atoms. The molecule has 0 radical (unpaired) electrons. The van der Waals surface area contributed by atoms with Crippen LogP contribution in [0.5, 0.6) is 0 Å². The van der Waals surface area contributed by atoms with Crippen molar-refractivity contribution >= 4 is 40.2 Å². The van der Waals surface area contributed by atoms with Crippen LogP contribution in [0.2, 0.25) is 10.0 Å². The Morgan fingerprint density at radius 3 is 2.62 bits per heavy atom. The van der Waals surface area contributed by atoms with E-state index in [1.165, 1.54) is 4.57 Å². The van der Waals surface area contributed by atoms with Gasteiger partial charge in [0.2, 0.25) is 5.95 Å². The van der Waals surface area contributed by atoms with Crippen molar-refractivity contribution in [3.8, 4) is 0 Å². The molecule has 0 aliphatic carbocycles. The molecule has 1 aliphatic rings. The molecule has 3 rings (SSSR count). The first-order valence-electron chi connectivity index (χ1n) is 7.96. The van der Waals surface area contributed by atoms with Gasteiger partial charge in [0.15, 0.2) is 18.4 Å². The monoisotopic (exact) mass is 404 g/mol. The van der Waals surface area contributed by atoms with Crippen molar-refractivity contribution in [1.82, 2.24) is 9.55 Å². The molecule has 0 saturated carbocycles. The van der Waals surface area contributed by atoms with Gasteiger partial charge in [0, 0.05) is 11.0 Å². The normalized spacial score (nSPS) is 26.0. The summed E-state index contributed by atoms with van der Waals surface area (Å²) in [5.74, 6) is 0.345. The van der Waals surface area contributed by atoms with Gasteiger partial charge in [0.25, 0.3) is 6.04 Å².